The van der Waals surface area contributed by atoms with Gasteiger partial charge in [-0.2, -0.15) is 5.10 Å². The Bertz CT molecular complexity index is 1160. The minimum atomic E-state index is -0.173. The number of hydrazone groups is 1. The molecule has 0 heterocycles. The van der Waals surface area contributed by atoms with Crippen LogP contribution in [-0.4, -0.2) is 12.1 Å². The molecule has 4 nitrogen and oxygen atoms in total. The number of carbonyl (C=O) groups excluding carboxylic acids is 1. The van der Waals surface area contributed by atoms with Gasteiger partial charge in [-0.3, -0.25) is 4.79 Å². The molecule has 3 aromatic carbocycles. The third-order valence-corrected chi connectivity index (χ3v) is 6.15. The lowest BCUT2D eigenvalue weighted by Crippen LogP contribution is -2.20. The van der Waals surface area contributed by atoms with Crippen molar-refractivity contribution in [3.63, 3.8) is 0 Å². The third kappa shape index (κ3) is 7.60. The molecule has 172 valence electrons. The minimum absolute atomic E-state index is 0.0862. The van der Waals surface area contributed by atoms with Crippen molar-refractivity contribution < 1.29 is 9.53 Å². The highest BCUT2D eigenvalue weighted by Gasteiger charge is 2.13. The van der Waals surface area contributed by atoms with Gasteiger partial charge >= 0.3 is 0 Å². The van der Waals surface area contributed by atoms with Crippen molar-refractivity contribution in [2.24, 2.45) is 5.10 Å². The van der Waals surface area contributed by atoms with E-state index in [1.807, 2.05) is 36.4 Å². The molecule has 3 aromatic rings. The number of hydrogen-bond acceptors (Lipinski definition) is 3. The summed E-state index contributed by atoms with van der Waals surface area (Å²) >= 11 is 15.6. The van der Waals surface area contributed by atoms with Crippen LogP contribution in [0.2, 0.25) is 10.0 Å². The molecule has 1 N–H and O–H groups in total. The summed E-state index contributed by atoms with van der Waals surface area (Å²) in [6.07, 6.45) is 1.86. The Balaban J connectivity index is 1.52. The van der Waals surface area contributed by atoms with Gasteiger partial charge in [0.05, 0.1) is 17.1 Å². The van der Waals surface area contributed by atoms with Gasteiger partial charge in [0.1, 0.15) is 12.4 Å². The molecule has 7 heteroatoms. The van der Waals surface area contributed by atoms with E-state index < -0.39 is 0 Å². The second kappa shape index (κ2) is 11.2. The molecule has 0 saturated carbocycles. The highest BCUT2D eigenvalue weighted by atomic mass is 79.9. The summed E-state index contributed by atoms with van der Waals surface area (Å²) in [4.78, 5) is 12.2. The Labute approximate surface area is 213 Å². The summed E-state index contributed by atoms with van der Waals surface area (Å²) < 4.78 is 6.61. The van der Waals surface area contributed by atoms with Crippen LogP contribution in [0.15, 0.2) is 70.2 Å². The van der Waals surface area contributed by atoms with Gasteiger partial charge in [-0.15, -0.1) is 0 Å². The van der Waals surface area contributed by atoms with E-state index in [1.54, 1.807) is 18.3 Å². The summed E-state index contributed by atoms with van der Waals surface area (Å²) in [6, 6.07) is 18.9. The molecular formula is C26H25BrCl2N2O2. The number of nitrogens with one attached hydrogen (secondary N) is 1. The van der Waals surface area contributed by atoms with Gasteiger partial charge in [0, 0.05) is 15.6 Å². The van der Waals surface area contributed by atoms with Gasteiger partial charge in [-0.1, -0.05) is 74.3 Å². The molecule has 0 fully saturated rings. The fourth-order valence-corrected chi connectivity index (χ4v) is 4.01. The lowest BCUT2D eigenvalue weighted by Gasteiger charge is -2.19. The van der Waals surface area contributed by atoms with Crippen molar-refractivity contribution in [3.8, 4) is 5.75 Å². The zero-order valence-electron chi connectivity index (χ0n) is 18.7. The minimum Gasteiger partial charge on any atom is -0.488 e. The van der Waals surface area contributed by atoms with E-state index in [0.29, 0.717) is 22.4 Å². The number of hydrogen-bond donors (Lipinski definition) is 1. The average Bonchev–Trinajstić information content (AvgIpc) is 2.74. The third-order valence-electron chi connectivity index (χ3n) is 4.94. The molecule has 3 rings (SSSR count). The Morgan fingerprint density at radius 1 is 1.06 bits per heavy atom. The first-order valence-electron chi connectivity index (χ1n) is 10.4. The van der Waals surface area contributed by atoms with Crippen molar-refractivity contribution >= 4 is 51.3 Å². The monoisotopic (exact) mass is 546 g/mol. The number of amides is 1. The topological polar surface area (TPSA) is 50.7 Å². The number of benzene rings is 3. The second-order valence-corrected chi connectivity index (χ2v) is 10.3. The molecule has 0 aliphatic rings. The molecule has 0 aliphatic carbocycles. The van der Waals surface area contributed by atoms with Crippen LogP contribution < -0.4 is 10.2 Å². The van der Waals surface area contributed by atoms with E-state index in [9.17, 15) is 4.79 Å². The number of nitrogens with zero attached hydrogens (tertiary/aromatic N) is 1. The quantitative estimate of drug-likeness (QED) is 0.249. The molecule has 0 aromatic heterocycles. The maximum Gasteiger partial charge on any atom is 0.244 e. The summed E-state index contributed by atoms with van der Waals surface area (Å²) in [5.74, 6) is 0.495. The van der Waals surface area contributed by atoms with Gasteiger partial charge in [0.15, 0.2) is 0 Å². The first-order valence-corrected chi connectivity index (χ1v) is 11.9. The van der Waals surface area contributed by atoms with E-state index in [4.69, 9.17) is 27.9 Å². The summed E-state index contributed by atoms with van der Waals surface area (Å²) in [6.45, 7) is 6.80. The Morgan fingerprint density at radius 3 is 2.42 bits per heavy atom. The summed E-state index contributed by atoms with van der Waals surface area (Å²) in [5.41, 5.74) is 6.50. The standard InChI is InChI=1S/C26H25BrCl2N2O2/c1-26(2,3)20-8-4-17(5-9-20)13-25(32)31-30-15-18-6-11-24(22(27)12-18)33-16-19-7-10-21(28)14-23(19)29/h4-12,14-15H,13,16H2,1-3H3,(H,31,32). The summed E-state index contributed by atoms with van der Waals surface area (Å²) in [5, 5.41) is 5.20. The van der Waals surface area contributed by atoms with Crippen LogP contribution in [0.3, 0.4) is 0 Å². The molecule has 0 bridgehead atoms. The molecular weight excluding hydrogens is 523 g/mol. The fraction of sp³-hybridized carbons (Fsp3) is 0.231. The van der Waals surface area contributed by atoms with E-state index in [-0.39, 0.29) is 17.7 Å². The van der Waals surface area contributed by atoms with Crippen LogP contribution >= 0.6 is 39.1 Å². The predicted octanol–water partition coefficient (Wildman–Crippen LogP) is 7.33. The zero-order valence-corrected chi connectivity index (χ0v) is 21.8. The van der Waals surface area contributed by atoms with Crippen molar-refractivity contribution in [2.45, 2.75) is 39.2 Å². The molecule has 1 amide bonds. The van der Waals surface area contributed by atoms with E-state index in [1.165, 1.54) is 5.56 Å². The highest BCUT2D eigenvalue weighted by molar-refractivity contribution is 9.10. The van der Waals surface area contributed by atoms with Gasteiger partial charge in [0.25, 0.3) is 0 Å². The van der Waals surface area contributed by atoms with Crippen molar-refractivity contribution in [1.29, 1.82) is 0 Å². The zero-order chi connectivity index (χ0) is 24.0. The fourth-order valence-electron chi connectivity index (χ4n) is 3.04. The van der Waals surface area contributed by atoms with Crippen LogP contribution in [0.5, 0.6) is 5.75 Å². The largest absolute Gasteiger partial charge is 0.488 e. The van der Waals surface area contributed by atoms with E-state index in [0.717, 1.165) is 21.2 Å². The number of rotatable bonds is 7. The van der Waals surface area contributed by atoms with Crippen LogP contribution in [0.1, 0.15) is 43.0 Å². The number of ether oxygens (including phenoxy) is 1. The molecule has 0 spiro atoms. The predicted molar refractivity (Wildman–Crippen MR) is 140 cm³/mol. The van der Waals surface area contributed by atoms with Crippen molar-refractivity contribution in [1.82, 2.24) is 5.43 Å². The SMILES string of the molecule is CC(C)(C)c1ccc(CC(=O)NN=Cc2ccc(OCc3ccc(Cl)cc3Cl)c(Br)c2)cc1. The molecule has 0 unspecified atom stereocenters. The Hall–Kier alpha value is -2.34. The molecule has 0 atom stereocenters. The van der Waals surface area contributed by atoms with E-state index >= 15 is 0 Å². The maximum atomic E-state index is 12.2. The van der Waals surface area contributed by atoms with Crippen LogP contribution in [0, 0.1) is 0 Å². The number of halogens is 3. The lowest BCUT2D eigenvalue weighted by atomic mass is 9.86. The first kappa shape index (κ1) is 25.3. The number of carbonyl (C=O) groups is 1. The van der Waals surface area contributed by atoms with Crippen LogP contribution in [0.25, 0.3) is 0 Å². The lowest BCUT2D eigenvalue weighted by molar-refractivity contribution is -0.120. The van der Waals surface area contributed by atoms with Gasteiger partial charge in [0.2, 0.25) is 5.91 Å². The first-order chi connectivity index (χ1) is 15.6. The average molecular weight is 548 g/mol. The maximum absolute atomic E-state index is 12.2. The Kier molecular flexibility index (Phi) is 8.57. The smallest absolute Gasteiger partial charge is 0.244 e. The highest BCUT2D eigenvalue weighted by Crippen LogP contribution is 2.28. The van der Waals surface area contributed by atoms with Crippen molar-refractivity contribution in [3.05, 3.63) is 97.4 Å². The van der Waals surface area contributed by atoms with Crippen LogP contribution in [-0.2, 0) is 23.2 Å². The second-order valence-electron chi connectivity index (χ2n) is 8.63. The van der Waals surface area contributed by atoms with Crippen LogP contribution in [0.4, 0.5) is 0 Å². The molecule has 33 heavy (non-hydrogen) atoms. The summed E-state index contributed by atoms with van der Waals surface area (Å²) in [7, 11) is 0. The molecule has 0 saturated heterocycles. The van der Waals surface area contributed by atoms with Crippen molar-refractivity contribution in [2.75, 3.05) is 0 Å². The van der Waals surface area contributed by atoms with Gasteiger partial charge in [-0.05, 0) is 68.4 Å². The Morgan fingerprint density at radius 2 is 1.79 bits per heavy atom. The van der Waals surface area contributed by atoms with Gasteiger partial charge in [-0.25, -0.2) is 5.43 Å². The normalized spacial score (nSPS) is 11.6. The van der Waals surface area contributed by atoms with Gasteiger partial charge < -0.3 is 4.74 Å². The molecule has 0 radical (unpaired) electrons. The molecule has 0 aliphatic heterocycles. The van der Waals surface area contributed by atoms with E-state index in [2.05, 4.69) is 59.4 Å².